The number of aliphatic hydroxyl groups excluding tert-OH is 1. The molecule has 7 heteroatoms. The fourth-order valence-corrected chi connectivity index (χ4v) is 6.72. The normalized spacial score (nSPS) is 12.1. The number of alkyl halides is 1. The van der Waals surface area contributed by atoms with Crippen molar-refractivity contribution in [1.29, 1.82) is 0 Å². The molecule has 0 heterocycles. The molecule has 1 atom stereocenters. The van der Waals surface area contributed by atoms with Crippen LogP contribution in [0.15, 0.2) is 0 Å². The van der Waals surface area contributed by atoms with E-state index >= 15 is 0 Å². The molecule has 0 radical (unpaired) electrons. The number of aliphatic hydroxyl groups is 1. The highest BCUT2D eigenvalue weighted by molar-refractivity contribution is 5.69. The second-order valence-electron chi connectivity index (χ2n) is 14.9. The van der Waals surface area contributed by atoms with E-state index in [1.807, 2.05) is 0 Å². The summed E-state index contributed by atoms with van der Waals surface area (Å²) in [6.07, 6.45) is 34.8. The van der Waals surface area contributed by atoms with E-state index in [9.17, 15) is 19.1 Å². The zero-order valence-electron chi connectivity index (χ0n) is 33.4. The van der Waals surface area contributed by atoms with Gasteiger partial charge in [0.15, 0.2) is 0 Å². The topological polar surface area (TPSA) is 76.1 Å². The lowest BCUT2D eigenvalue weighted by atomic mass is 10.0. The van der Waals surface area contributed by atoms with Crippen molar-refractivity contribution in [1.82, 2.24) is 4.90 Å². The molecule has 0 aromatic carbocycles. The van der Waals surface area contributed by atoms with Crippen LogP contribution in [0.4, 0.5) is 4.39 Å². The van der Waals surface area contributed by atoms with Crippen molar-refractivity contribution in [3.05, 3.63) is 0 Å². The molecule has 0 fully saturated rings. The van der Waals surface area contributed by atoms with Crippen molar-refractivity contribution in [2.75, 3.05) is 39.5 Å². The summed E-state index contributed by atoms with van der Waals surface area (Å²) in [5, 5.41) is 9.52. The summed E-state index contributed by atoms with van der Waals surface area (Å²) >= 11 is 0. The minimum atomic E-state index is -0.221. The van der Waals surface area contributed by atoms with E-state index in [0.29, 0.717) is 32.4 Å². The van der Waals surface area contributed by atoms with Crippen LogP contribution in [-0.4, -0.2) is 67.6 Å². The first-order valence-corrected chi connectivity index (χ1v) is 21.8. The Morgan fingerprint density at radius 3 is 1.46 bits per heavy atom. The fourth-order valence-electron chi connectivity index (χ4n) is 6.72. The molecule has 0 amide bonds. The zero-order valence-corrected chi connectivity index (χ0v) is 33.4. The van der Waals surface area contributed by atoms with E-state index in [-0.39, 0.29) is 31.3 Å². The van der Waals surface area contributed by atoms with E-state index in [1.165, 1.54) is 77.0 Å². The molecular formula is C43H84FNO5. The van der Waals surface area contributed by atoms with Crippen LogP contribution < -0.4 is 0 Å². The minimum absolute atomic E-state index is 0.0375. The van der Waals surface area contributed by atoms with Crippen molar-refractivity contribution in [2.24, 2.45) is 0 Å². The highest BCUT2D eigenvalue weighted by atomic mass is 19.1. The molecule has 0 saturated heterocycles. The smallest absolute Gasteiger partial charge is 0.306 e. The van der Waals surface area contributed by atoms with Gasteiger partial charge in [-0.1, -0.05) is 142 Å². The van der Waals surface area contributed by atoms with E-state index < -0.39 is 0 Å². The van der Waals surface area contributed by atoms with Gasteiger partial charge in [-0.15, -0.1) is 0 Å². The first-order chi connectivity index (χ1) is 24.6. The molecule has 0 spiro atoms. The molecule has 1 N–H and O–H groups in total. The Balaban J connectivity index is 3.96. The summed E-state index contributed by atoms with van der Waals surface area (Å²) in [6, 6.07) is 0. The number of hydrogen-bond donors (Lipinski definition) is 1. The number of carbonyl (C=O) groups excluding carboxylic acids is 2. The van der Waals surface area contributed by atoms with Crippen molar-refractivity contribution < 1.29 is 28.6 Å². The number of carbonyl (C=O) groups is 2. The lowest BCUT2D eigenvalue weighted by Crippen LogP contribution is -2.29. The third-order valence-electron chi connectivity index (χ3n) is 9.98. The fraction of sp³-hybridized carbons (Fsp3) is 0.953. The number of rotatable bonds is 41. The van der Waals surface area contributed by atoms with Crippen molar-refractivity contribution in [2.45, 2.75) is 225 Å². The molecule has 0 saturated carbocycles. The summed E-state index contributed by atoms with van der Waals surface area (Å²) in [5.74, 6) is -0.101. The van der Waals surface area contributed by atoms with Crippen LogP contribution in [0.25, 0.3) is 0 Å². The highest BCUT2D eigenvalue weighted by Gasteiger charge is 2.14. The third-order valence-corrected chi connectivity index (χ3v) is 9.98. The summed E-state index contributed by atoms with van der Waals surface area (Å²) in [5.41, 5.74) is 0. The van der Waals surface area contributed by atoms with Crippen molar-refractivity contribution >= 4 is 11.9 Å². The molecule has 0 bridgehead atoms. The molecule has 6 nitrogen and oxygen atoms in total. The van der Waals surface area contributed by atoms with Gasteiger partial charge in [-0.2, -0.15) is 0 Å². The number of ether oxygens (including phenoxy) is 2. The number of unbranched alkanes of at least 4 members (excludes halogenated alkanes) is 23. The average molecular weight is 714 g/mol. The average Bonchev–Trinajstić information content (AvgIpc) is 3.11. The summed E-state index contributed by atoms with van der Waals surface area (Å²) in [6.45, 7) is 7.64. The quantitative estimate of drug-likeness (QED) is 0.0502. The van der Waals surface area contributed by atoms with Gasteiger partial charge in [0.25, 0.3) is 0 Å². The molecule has 0 aliphatic carbocycles. The lowest BCUT2D eigenvalue weighted by molar-refractivity contribution is -0.150. The van der Waals surface area contributed by atoms with Crippen LogP contribution in [0.3, 0.4) is 0 Å². The molecule has 50 heavy (non-hydrogen) atoms. The summed E-state index contributed by atoms with van der Waals surface area (Å²) < 4.78 is 23.7. The van der Waals surface area contributed by atoms with Crippen LogP contribution in [0, 0.1) is 0 Å². The Morgan fingerprint density at radius 1 is 0.520 bits per heavy atom. The Kier molecular flexibility index (Phi) is 39.6. The largest absolute Gasteiger partial charge is 0.466 e. The maximum atomic E-state index is 12.6. The number of hydrogen-bond acceptors (Lipinski definition) is 6. The van der Waals surface area contributed by atoms with Crippen molar-refractivity contribution in [3.8, 4) is 0 Å². The molecule has 0 rings (SSSR count). The molecule has 0 aliphatic heterocycles. The molecular weight excluding hydrogens is 629 g/mol. The first-order valence-electron chi connectivity index (χ1n) is 21.8. The van der Waals surface area contributed by atoms with Crippen LogP contribution in [0.1, 0.15) is 219 Å². The van der Waals surface area contributed by atoms with Crippen molar-refractivity contribution in [3.63, 3.8) is 0 Å². The van der Waals surface area contributed by atoms with Gasteiger partial charge in [0.05, 0.1) is 19.9 Å². The van der Waals surface area contributed by atoms with Gasteiger partial charge in [-0.05, 0) is 77.3 Å². The molecule has 0 aliphatic rings. The second-order valence-corrected chi connectivity index (χ2v) is 14.9. The predicted molar refractivity (Wildman–Crippen MR) is 209 cm³/mol. The third kappa shape index (κ3) is 36.6. The second kappa shape index (κ2) is 40.6. The zero-order chi connectivity index (χ0) is 36.6. The minimum Gasteiger partial charge on any atom is -0.466 e. The van der Waals surface area contributed by atoms with E-state index in [0.717, 1.165) is 122 Å². The highest BCUT2D eigenvalue weighted by Crippen LogP contribution is 2.18. The molecule has 298 valence electrons. The van der Waals surface area contributed by atoms with E-state index in [2.05, 4.69) is 18.7 Å². The number of nitrogens with zero attached hydrogens (tertiary/aromatic N) is 1. The van der Waals surface area contributed by atoms with Crippen LogP contribution in [0.5, 0.6) is 0 Å². The monoisotopic (exact) mass is 714 g/mol. The van der Waals surface area contributed by atoms with Gasteiger partial charge in [0, 0.05) is 19.4 Å². The Bertz CT molecular complexity index is 693. The summed E-state index contributed by atoms with van der Waals surface area (Å²) in [7, 11) is 0. The van der Waals surface area contributed by atoms with Crippen LogP contribution in [-0.2, 0) is 19.1 Å². The standard InChI is InChI=1S/C43H84FNO5/c1-3-5-7-9-11-12-13-21-30-40-49-42(47)33-26-22-29-37-45(38-39-46)36-28-20-15-18-25-34-43(48)50-41(31-23-16-10-8-6-4-2)32-24-17-14-19-27-35-44/h41,46H,3-40H2,1-2H3. The van der Waals surface area contributed by atoms with Crippen LogP contribution in [0.2, 0.25) is 0 Å². The molecule has 1 unspecified atom stereocenters. The molecule has 0 aromatic heterocycles. The Labute approximate surface area is 309 Å². The van der Waals surface area contributed by atoms with Gasteiger partial charge in [0.1, 0.15) is 6.10 Å². The number of esters is 2. The SMILES string of the molecule is CCCCCCCCCCCOC(=O)CCCCCN(CCO)CCCCCCCC(=O)OC(CCCCCCCC)CCCCCCCF. The predicted octanol–water partition coefficient (Wildman–Crippen LogP) is 12.2. The van der Waals surface area contributed by atoms with E-state index in [4.69, 9.17) is 9.47 Å². The maximum absolute atomic E-state index is 12.6. The van der Waals surface area contributed by atoms with Gasteiger partial charge < -0.3 is 19.5 Å². The maximum Gasteiger partial charge on any atom is 0.306 e. The van der Waals surface area contributed by atoms with Gasteiger partial charge in [0.2, 0.25) is 0 Å². The lowest BCUT2D eigenvalue weighted by Gasteiger charge is -2.21. The number of halogens is 1. The summed E-state index contributed by atoms with van der Waals surface area (Å²) in [4.78, 5) is 27.0. The van der Waals surface area contributed by atoms with Gasteiger partial charge in [-0.3, -0.25) is 14.0 Å². The van der Waals surface area contributed by atoms with Gasteiger partial charge in [-0.25, -0.2) is 0 Å². The first kappa shape index (κ1) is 48.8. The molecule has 0 aromatic rings. The van der Waals surface area contributed by atoms with Gasteiger partial charge >= 0.3 is 11.9 Å². The van der Waals surface area contributed by atoms with Crippen LogP contribution >= 0.6 is 0 Å². The van der Waals surface area contributed by atoms with E-state index in [1.54, 1.807) is 0 Å². The Morgan fingerprint density at radius 2 is 0.940 bits per heavy atom. The Hall–Kier alpha value is -1.21.